The molecule has 0 atom stereocenters. The summed E-state index contributed by atoms with van der Waals surface area (Å²) < 4.78 is 3.93. The second-order valence-corrected chi connectivity index (χ2v) is 3.65. The summed E-state index contributed by atoms with van der Waals surface area (Å²) >= 11 is 0. The standard InChI is InChI=1S/C10H16N6/c1-2-9-10(11)13-14-16(9)6-3-5-15-7-4-12-8-15/h4,7-8H,2-3,5-6,11H2,1H3. The zero-order chi connectivity index (χ0) is 11.4. The average Bonchev–Trinajstić information content (AvgIpc) is 2.89. The van der Waals surface area contributed by atoms with Gasteiger partial charge in [-0.2, -0.15) is 0 Å². The molecule has 0 fully saturated rings. The molecule has 0 radical (unpaired) electrons. The molecule has 6 nitrogen and oxygen atoms in total. The van der Waals surface area contributed by atoms with E-state index in [0.717, 1.165) is 31.6 Å². The Morgan fingerprint density at radius 3 is 2.94 bits per heavy atom. The van der Waals surface area contributed by atoms with E-state index < -0.39 is 0 Å². The lowest BCUT2D eigenvalue weighted by Crippen LogP contribution is -2.08. The number of aryl methyl sites for hydroxylation is 2. The van der Waals surface area contributed by atoms with E-state index >= 15 is 0 Å². The van der Waals surface area contributed by atoms with E-state index in [9.17, 15) is 0 Å². The summed E-state index contributed by atoms with van der Waals surface area (Å²) in [5.41, 5.74) is 6.73. The number of anilines is 1. The highest BCUT2D eigenvalue weighted by Crippen LogP contribution is 2.08. The smallest absolute Gasteiger partial charge is 0.169 e. The molecule has 86 valence electrons. The molecule has 2 aromatic heterocycles. The van der Waals surface area contributed by atoms with Crippen molar-refractivity contribution in [1.82, 2.24) is 24.5 Å². The van der Waals surface area contributed by atoms with Gasteiger partial charge in [-0.25, -0.2) is 9.67 Å². The summed E-state index contributed by atoms with van der Waals surface area (Å²) in [7, 11) is 0. The van der Waals surface area contributed by atoms with Crippen molar-refractivity contribution in [2.45, 2.75) is 32.9 Å². The molecule has 0 unspecified atom stereocenters. The van der Waals surface area contributed by atoms with Gasteiger partial charge in [0.05, 0.1) is 12.0 Å². The fourth-order valence-corrected chi connectivity index (χ4v) is 1.71. The number of nitrogens with two attached hydrogens (primary N) is 1. The first-order valence-corrected chi connectivity index (χ1v) is 5.45. The van der Waals surface area contributed by atoms with Crippen LogP contribution in [-0.4, -0.2) is 24.5 Å². The first kappa shape index (κ1) is 10.7. The minimum atomic E-state index is 0.546. The Morgan fingerprint density at radius 1 is 1.38 bits per heavy atom. The third-order valence-electron chi connectivity index (χ3n) is 2.55. The van der Waals surface area contributed by atoms with Crippen LogP contribution < -0.4 is 5.73 Å². The molecule has 0 aliphatic carbocycles. The fourth-order valence-electron chi connectivity index (χ4n) is 1.71. The van der Waals surface area contributed by atoms with Crippen molar-refractivity contribution >= 4 is 5.82 Å². The maximum atomic E-state index is 5.71. The van der Waals surface area contributed by atoms with Gasteiger partial charge in [0.1, 0.15) is 0 Å². The van der Waals surface area contributed by atoms with E-state index in [1.165, 1.54) is 0 Å². The summed E-state index contributed by atoms with van der Waals surface area (Å²) in [4.78, 5) is 3.99. The van der Waals surface area contributed by atoms with Crippen LogP contribution in [0.1, 0.15) is 19.0 Å². The first-order chi connectivity index (χ1) is 7.81. The Labute approximate surface area is 94.1 Å². The highest BCUT2D eigenvalue weighted by atomic mass is 15.4. The monoisotopic (exact) mass is 220 g/mol. The van der Waals surface area contributed by atoms with Crippen molar-refractivity contribution < 1.29 is 0 Å². The van der Waals surface area contributed by atoms with Crippen molar-refractivity contribution in [3.8, 4) is 0 Å². The number of aromatic nitrogens is 5. The Hall–Kier alpha value is -1.85. The maximum absolute atomic E-state index is 5.71. The van der Waals surface area contributed by atoms with Gasteiger partial charge < -0.3 is 10.3 Å². The summed E-state index contributed by atoms with van der Waals surface area (Å²) in [5.74, 6) is 0.546. The number of nitrogen functional groups attached to an aromatic ring is 1. The fraction of sp³-hybridized carbons (Fsp3) is 0.500. The van der Waals surface area contributed by atoms with Crippen LogP contribution >= 0.6 is 0 Å². The predicted octanol–water partition coefficient (Wildman–Crippen LogP) is 0.709. The molecular weight excluding hydrogens is 204 g/mol. The highest BCUT2D eigenvalue weighted by Gasteiger charge is 2.06. The van der Waals surface area contributed by atoms with E-state index in [1.54, 1.807) is 6.20 Å². The van der Waals surface area contributed by atoms with E-state index in [4.69, 9.17) is 5.73 Å². The molecule has 6 heteroatoms. The summed E-state index contributed by atoms with van der Waals surface area (Å²) in [6, 6.07) is 0. The predicted molar refractivity (Wildman–Crippen MR) is 60.7 cm³/mol. The van der Waals surface area contributed by atoms with Crippen LogP contribution in [0.15, 0.2) is 18.7 Å². The second kappa shape index (κ2) is 4.78. The quantitative estimate of drug-likeness (QED) is 0.805. The van der Waals surface area contributed by atoms with Crippen LogP contribution in [0.5, 0.6) is 0 Å². The van der Waals surface area contributed by atoms with Crippen LogP contribution in [0, 0.1) is 0 Å². The summed E-state index contributed by atoms with van der Waals surface area (Å²) in [5, 5.41) is 7.90. The van der Waals surface area contributed by atoms with Crippen molar-refractivity contribution in [2.75, 3.05) is 5.73 Å². The lowest BCUT2D eigenvalue weighted by atomic mass is 10.3. The van der Waals surface area contributed by atoms with Gasteiger partial charge in [0.2, 0.25) is 0 Å². The van der Waals surface area contributed by atoms with Gasteiger partial charge >= 0.3 is 0 Å². The van der Waals surface area contributed by atoms with E-state index in [1.807, 2.05) is 21.8 Å². The van der Waals surface area contributed by atoms with Gasteiger partial charge in [-0.15, -0.1) is 5.10 Å². The molecule has 0 saturated carbocycles. The van der Waals surface area contributed by atoms with Crippen LogP contribution in [-0.2, 0) is 19.5 Å². The molecular formula is C10H16N6. The number of imidazole rings is 1. The Morgan fingerprint density at radius 2 is 2.25 bits per heavy atom. The van der Waals surface area contributed by atoms with Crippen molar-refractivity contribution in [1.29, 1.82) is 0 Å². The first-order valence-electron chi connectivity index (χ1n) is 5.45. The minimum absolute atomic E-state index is 0.546. The Balaban J connectivity index is 1.89. The lowest BCUT2D eigenvalue weighted by molar-refractivity contribution is 0.502. The van der Waals surface area contributed by atoms with Gasteiger partial charge in [-0.05, 0) is 12.8 Å². The van der Waals surface area contributed by atoms with Gasteiger partial charge in [-0.1, -0.05) is 12.1 Å². The topological polar surface area (TPSA) is 74.5 Å². The molecule has 2 N–H and O–H groups in total. The Bertz CT molecular complexity index is 430. The molecule has 0 aromatic carbocycles. The molecule has 0 saturated heterocycles. The van der Waals surface area contributed by atoms with E-state index in [0.29, 0.717) is 5.82 Å². The van der Waals surface area contributed by atoms with Crippen LogP contribution in [0.3, 0.4) is 0 Å². The van der Waals surface area contributed by atoms with Crippen LogP contribution in [0.4, 0.5) is 5.82 Å². The van der Waals surface area contributed by atoms with Crippen molar-refractivity contribution in [3.63, 3.8) is 0 Å². The molecule has 0 aliphatic rings. The Kier molecular flexibility index (Phi) is 3.19. The third kappa shape index (κ3) is 2.21. The summed E-state index contributed by atoms with van der Waals surface area (Å²) in [6.45, 7) is 3.83. The van der Waals surface area contributed by atoms with Gasteiger partial charge in [0, 0.05) is 25.5 Å². The molecule has 2 rings (SSSR count). The second-order valence-electron chi connectivity index (χ2n) is 3.65. The van der Waals surface area contributed by atoms with Crippen molar-refractivity contribution in [3.05, 3.63) is 24.4 Å². The van der Waals surface area contributed by atoms with Crippen molar-refractivity contribution in [2.24, 2.45) is 0 Å². The lowest BCUT2D eigenvalue weighted by Gasteiger charge is -2.05. The molecule has 0 aliphatic heterocycles. The number of rotatable bonds is 5. The number of hydrogen-bond acceptors (Lipinski definition) is 4. The molecule has 0 bridgehead atoms. The van der Waals surface area contributed by atoms with Crippen LogP contribution in [0.25, 0.3) is 0 Å². The van der Waals surface area contributed by atoms with Gasteiger partial charge in [0.25, 0.3) is 0 Å². The normalized spacial score (nSPS) is 10.8. The van der Waals surface area contributed by atoms with E-state index in [2.05, 4.69) is 22.2 Å². The summed E-state index contributed by atoms with van der Waals surface area (Å²) in [6.07, 6.45) is 7.41. The molecule has 2 aromatic rings. The zero-order valence-electron chi connectivity index (χ0n) is 9.37. The highest BCUT2D eigenvalue weighted by molar-refractivity contribution is 5.32. The van der Waals surface area contributed by atoms with Gasteiger partial charge in [0.15, 0.2) is 5.82 Å². The zero-order valence-corrected chi connectivity index (χ0v) is 9.37. The largest absolute Gasteiger partial charge is 0.381 e. The molecule has 0 spiro atoms. The van der Waals surface area contributed by atoms with Crippen LogP contribution in [0.2, 0.25) is 0 Å². The SMILES string of the molecule is CCc1c(N)nnn1CCCn1ccnc1. The maximum Gasteiger partial charge on any atom is 0.169 e. The third-order valence-corrected chi connectivity index (χ3v) is 2.55. The number of nitrogens with zero attached hydrogens (tertiary/aromatic N) is 5. The number of hydrogen-bond donors (Lipinski definition) is 1. The van der Waals surface area contributed by atoms with Gasteiger partial charge in [-0.3, -0.25) is 0 Å². The molecule has 2 heterocycles. The van der Waals surface area contributed by atoms with E-state index in [-0.39, 0.29) is 0 Å². The average molecular weight is 220 g/mol. The molecule has 0 amide bonds. The molecule has 16 heavy (non-hydrogen) atoms. The minimum Gasteiger partial charge on any atom is -0.381 e.